The summed E-state index contributed by atoms with van der Waals surface area (Å²) in [5.74, 6) is -1.41. The number of aromatic carboxylic acids is 1. The summed E-state index contributed by atoms with van der Waals surface area (Å²) in [6, 6.07) is 3.34. The van der Waals surface area contributed by atoms with Crippen LogP contribution in [-0.4, -0.2) is 28.8 Å². The van der Waals surface area contributed by atoms with Crippen LogP contribution in [0.5, 0.6) is 5.75 Å². The Morgan fingerprint density at radius 3 is 2.58 bits per heavy atom. The Morgan fingerprint density at radius 2 is 2.00 bits per heavy atom. The summed E-state index contributed by atoms with van der Waals surface area (Å²) >= 11 is 0. The number of hydrogen-bond donors (Lipinski definition) is 4. The molecule has 19 heavy (non-hydrogen) atoms. The third-order valence-electron chi connectivity index (χ3n) is 2.56. The van der Waals surface area contributed by atoms with Crippen molar-refractivity contribution in [1.29, 1.82) is 0 Å². The fourth-order valence-electron chi connectivity index (χ4n) is 1.51. The first-order valence-corrected chi connectivity index (χ1v) is 6.15. The number of nitrogens with one attached hydrogen (secondary N) is 2. The van der Waals surface area contributed by atoms with Crippen LogP contribution < -0.4 is 10.6 Å². The molecule has 0 bridgehead atoms. The number of carbonyl (C=O) groups is 2. The highest BCUT2D eigenvalue weighted by molar-refractivity contribution is 5.93. The van der Waals surface area contributed by atoms with E-state index in [1.54, 1.807) is 0 Å². The summed E-state index contributed by atoms with van der Waals surface area (Å²) in [6.45, 7) is 2.63. The number of phenols is 1. The Labute approximate surface area is 111 Å². The number of rotatable bonds is 6. The number of urea groups is 1. The Hall–Kier alpha value is -2.24. The van der Waals surface area contributed by atoms with Crippen molar-refractivity contribution in [3.8, 4) is 5.75 Å². The van der Waals surface area contributed by atoms with Crippen molar-refractivity contribution in [3.63, 3.8) is 0 Å². The topological polar surface area (TPSA) is 98.7 Å². The molecule has 2 amide bonds. The first-order valence-electron chi connectivity index (χ1n) is 6.15. The first kappa shape index (κ1) is 14.8. The predicted octanol–water partition coefficient (Wildman–Crippen LogP) is 2.40. The van der Waals surface area contributed by atoms with E-state index < -0.39 is 12.0 Å². The zero-order valence-corrected chi connectivity index (χ0v) is 10.8. The summed E-state index contributed by atoms with van der Waals surface area (Å²) in [5, 5.41) is 23.4. The summed E-state index contributed by atoms with van der Waals surface area (Å²) in [6.07, 6.45) is 3.01. The highest BCUT2D eigenvalue weighted by Gasteiger charge is 2.09. The molecule has 0 aliphatic rings. The Balaban J connectivity index is 2.52. The van der Waals surface area contributed by atoms with Crippen LogP contribution >= 0.6 is 0 Å². The largest absolute Gasteiger partial charge is 0.506 e. The lowest BCUT2D eigenvalue weighted by Gasteiger charge is -2.09. The van der Waals surface area contributed by atoms with E-state index in [1.165, 1.54) is 12.1 Å². The van der Waals surface area contributed by atoms with Crippen molar-refractivity contribution in [2.75, 3.05) is 11.9 Å². The molecule has 4 N–H and O–H groups in total. The van der Waals surface area contributed by atoms with Gasteiger partial charge in [-0.05, 0) is 24.6 Å². The number of carboxylic acids is 1. The van der Waals surface area contributed by atoms with E-state index in [0.717, 1.165) is 25.3 Å². The number of carbonyl (C=O) groups excluding carboxylic acids is 1. The van der Waals surface area contributed by atoms with Crippen LogP contribution in [0.4, 0.5) is 10.5 Å². The molecule has 0 fully saturated rings. The van der Waals surface area contributed by atoms with Gasteiger partial charge in [-0.2, -0.15) is 0 Å². The van der Waals surface area contributed by atoms with Crippen LogP contribution in [0.3, 0.4) is 0 Å². The Kier molecular flexibility index (Phi) is 5.66. The van der Waals surface area contributed by atoms with Crippen molar-refractivity contribution < 1.29 is 19.8 Å². The predicted molar refractivity (Wildman–Crippen MR) is 71.6 cm³/mol. The molecule has 0 aliphatic heterocycles. The SMILES string of the molecule is CCCCCNC(=O)Nc1ccc(C(=O)O)cc1O. The van der Waals surface area contributed by atoms with Gasteiger partial charge in [0.05, 0.1) is 11.3 Å². The Morgan fingerprint density at radius 1 is 1.26 bits per heavy atom. The molecule has 6 heteroatoms. The summed E-state index contributed by atoms with van der Waals surface area (Å²) in [5.41, 5.74) is 0.143. The maximum atomic E-state index is 11.5. The second kappa shape index (κ2) is 7.25. The highest BCUT2D eigenvalue weighted by Crippen LogP contribution is 2.24. The van der Waals surface area contributed by atoms with E-state index in [2.05, 4.69) is 17.6 Å². The maximum Gasteiger partial charge on any atom is 0.335 e. The van der Waals surface area contributed by atoms with Crippen LogP contribution in [0.2, 0.25) is 0 Å². The molecule has 6 nitrogen and oxygen atoms in total. The molecule has 0 aliphatic carbocycles. The molecule has 1 rings (SSSR count). The average Bonchev–Trinajstić information content (AvgIpc) is 2.37. The van der Waals surface area contributed by atoms with Gasteiger partial charge in [-0.15, -0.1) is 0 Å². The van der Waals surface area contributed by atoms with Crippen LogP contribution in [0.1, 0.15) is 36.5 Å². The van der Waals surface area contributed by atoms with Gasteiger partial charge in [0, 0.05) is 6.54 Å². The average molecular weight is 266 g/mol. The van der Waals surface area contributed by atoms with Gasteiger partial charge in [0.25, 0.3) is 0 Å². The van der Waals surface area contributed by atoms with Crippen LogP contribution in [-0.2, 0) is 0 Å². The smallest absolute Gasteiger partial charge is 0.335 e. The number of benzene rings is 1. The van der Waals surface area contributed by atoms with Crippen molar-refractivity contribution in [1.82, 2.24) is 5.32 Å². The van der Waals surface area contributed by atoms with Gasteiger partial charge in [-0.25, -0.2) is 9.59 Å². The van der Waals surface area contributed by atoms with Crippen LogP contribution in [0.25, 0.3) is 0 Å². The molecule has 0 atom stereocenters. The number of anilines is 1. The minimum Gasteiger partial charge on any atom is -0.506 e. The monoisotopic (exact) mass is 266 g/mol. The molecule has 0 unspecified atom stereocenters. The molecule has 0 spiro atoms. The van der Waals surface area contributed by atoms with Gasteiger partial charge < -0.3 is 20.8 Å². The lowest BCUT2D eigenvalue weighted by Crippen LogP contribution is -2.29. The fourth-order valence-corrected chi connectivity index (χ4v) is 1.51. The van der Waals surface area contributed by atoms with E-state index in [9.17, 15) is 14.7 Å². The minimum absolute atomic E-state index is 0.0357. The van der Waals surface area contributed by atoms with Crippen molar-refractivity contribution in [3.05, 3.63) is 23.8 Å². The number of amides is 2. The molecule has 1 aromatic carbocycles. The highest BCUT2D eigenvalue weighted by atomic mass is 16.4. The van der Waals surface area contributed by atoms with Crippen molar-refractivity contribution >= 4 is 17.7 Å². The summed E-state index contributed by atoms with van der Waals surface area (Å²) < 4.78 is 0. The minimum atomic E-state index is -1.13. The summed E-state index contributed by atoms with van der Waals surface area (Å²) in [7, 11) is 0. The van der Waals surface area contributed by atoms with Crippen LogP contribution in [0, 0.1) is 0 Å². The second-order valence-corrected chi connectivity index (χ2v) is 4.13. The zero-order chi connectivity index (χ0) is 14.3. The second-order valence-electron chi connectivity index (χ2n) is 4.13. The molecular formula is C13H18N2O4. The third kappa shape index (κ3) is 4.87. The lowest BCUT2D eigenvalue weighted by atomic mass is 10.2. The number of phenolic OH excluding ortho intramolecular Hbond substituents is 1. The molecule has 0 saturated carbocycles. The third-order valence-corrected chi connectivity index (χ3v) is 2.56. The molecule has 0 saturated heterocycles. The van der Waals surface area contributed by atoms with Gasteiger partial charge >= 0.3 is 12.0 Å². The number of unbranched alkanes of at least 4 members (excludes halogenated alkanes) is 2. The van der Waals surface area contributed by atoms with Crippen LogP contribution in [0.15, 0.2) is 18.2 Å². The van der Waals surface area contributed by atoms with Gasteiger partial charge in [-0.3, -0.25) is 0 Å². The lowest BCUT2D eigenvalue weighted by molar-refractivity contribution is 0.0696. The normalized spacial score (nSPS) is 9.95. The van der Waals surface area contributed by atoms with Crippen molar-refractivity contribution in [2.45, 2.75) is 26.2 Å². The zero-order valence-electron chi connectivity index (χ0n) is 10.8. The molecule has 1 aromatic rings. The standard InChI is InChI=1S/C13H18N2O4/c1-2-3-4-7-14-13(19)15-10-6-5-9(12(17)18)8-11(10)16/h5-6,8,16H,2-4,7H2,1H3,(H,17,18)(H2,14,15,19). The molecule has 0 radical (unpaired) electrons. The number of hydrogen-bond acceptors (Lipinski definition) is 3. The first-order chi connectivity index (χ1) is 9.04. The van der Waals surface area contributed by atoms with E-state index in [1.807, 2.05) is 0 Å². The van der Waals surface area contributed by atoms with Gasteiger partial charge in [0.2, 0.25) is 0 Å². The Bertz CT molecular complexity index is 460. The molecule has 0 aromatic heterocycles. The van der Waals surface area contributed by atoms with Gasteiger partial charge in [0.1, 0.15) is 5.75 Å². The number of carboxylic acid groups (broad SMARTS) is 1. The molecular weight excluding hydrogens is 248 g/mol. The summed E-state index contributed by atoms with van der Waals surface area (Å²) in [4.78, 5) is 22.2. The van der Waals surface area contributed by atoms with Crippen molar-refractivity contribution in [2.24, 2.45) is 0 Å². The van der Waals surface area contributed by atoms with E-state index in [0.29, 0.717) is 6.54 Å². The molecule has 104 valence electrons. The van der Waals surface area contributed by atoms with E-state index in [-0.39, 0.29) is 17.0 Å². The fraction of sp³-hybridized carbons (Fsp3) is 0.385. The van der Waals surface area contributed by atoms with E-state index in [4.69, 9.17) is 5.11 Å². The number of aromatic hydroxyl groups is 1. The molecule has 0 heterocycles. The maximum absolute atomic E-state index is 11.5. The van der Waals surface area contributed by atoms with Gasteiger partial charge in [-0.1, -0.05) is 19.8 Å². The van der Waals surface area contributed by atoms with Gasteiger partial charge in [0.15, 0.2) is 0 Å². The van der Waals surface area contributed by atoms with E-state index >= 15 is 0 Å². The quantitative estimate of drug-likeness (QED) is 0.469.